The van der Waals surface area contributed by atoms with Crippen LogP contribution in [0, 0.1) is 0 Å². The molecule has 0 fully saturated rings. The molecular formula is C13H17ClN4O2S. The molecule has 3 N–H and O–H groups in total. The lowest BCUT2D eigenvalue weighted by Gasteiger charge is -2.12. The predicted molar refractivity (Wildman–Crippen MR) is 82.8 cm³/mol. The molecule has 0 aliphatic heterocycles. The van der Waals surface area contributed by atoms with Gasteiger partial charge in [-0.05, 0) is 23.8 Å². The predicted octanol–water partition coefficient (Wildman–Crippen LogP) is 2.36. The maximum Gasteiger partial charge on any atom is 0.262 e. The molecule has 8 heteroatoms. The Hall–Kier alpha value is -1.57. The molecule has 0 aliphatic rings. The van der Waals surface area contributed by atoms with E-state index in [9.17, 15) is 8.42 Å². The zero-order valence-electron chi connectivity index (χ0n) is 11.7. The number of nitrogens with zero attached hydrogens (tertiary/aromatic N) is 1. The minimum atomic E-state index is -3.66. The Kier molecular flexibility index (Phi) is 4.87. The van der Waals surface area contributed by atoms with Crippen molar-refractivity contribution >= 4 is 27.3 Å². The van der Waals surface area contributed by atoms with E-state index in [2.05, 4.69) is 20.2 Å². The highest BCUT2D eigenvalue weighted by molar-refractivity contribution is 7.92. The van der Waals surface area contributed by atoms with Crippen LogP contribution in [0.2, 0.25) is 5.02 Å². The summed E-state index contributed by atoms with van der Waals surface area (Å²) in [4.78, 5) is 0.161. The van der Waals surface area contributed by atoms with Gasteiger partial charge in [0.05, 0.1) is 16.8 Å². The topological polar surface area (TPSA) is 86.9 Å². The van der Waals surface area contributed by atoms with E-state index in [0.717, 1.165) is 5.56 Å². The van der Waals surface area contributed by atoms with Crippen molar-refractivity contribution in [3.63, 3.8) is 0 Å². The van der Waals surface area contributed by atoms with Gasteiger partial charge < -0.3 is 5.32 Å². The number of aromatic amines is 1. The number of aromatic nitrogens is 2. The Morgan fingerprint density at radius 3 is 2.76 bits per heavy atom. The first-order chi connectivity index (χ1) is 9.88. The van der Waals surface area contributed by atoms with Crippen LogP contribution in [0.5, 0.6) is 0 Å². The molecule has 1 aromatic carbocycles. The lowest BCUT2D eigenvalue weighted by molar-refractivity contribution is 0.587. The Balaban J connectivity index is 2.25. The molecule has 114 valence electrons. The summed E-state index contributed by atoms with van der Waals surface area (Å²) in [5.74, 6) is 0. The van der Waals surface area contributed by atoms with Gasteiger partial charge in [-0.2, -0.15) is 5.10 Å². The summed E-state index contributed by atoms with van der Waals surface area (Å²) in [5, 5.41) is 9.99. The number of sulfonamides is 1. The third-order valence-electron chi connectivity index (χ3n) is 2.78. The van der Waals surface area contributed by atoms with Crippen molar-refractivity contribution in [3.8, 4) is 0 Å². The van der Waals surface area contributed by atoms with Crippen LogP contribution in [-0.4, -0.2) is 24.7 Å². The van der Waals surface area contributed by atoms with Crippen LogP contribution in [-0.2, 0) is 16.6 Å². The largest absolute Gasteiger partial charge is 0.310 e. The lowest BCUT2D eigenvalue weighted by Crippen LogP contribution is -2.22. The fourth-order valence-electron chi connectivity index (χ4n) is 1.69. The van der Waals surface area contributed by atoms with Crippen molar-refractivity contribution in [2.75, 3.05) is 4.72 Å². The Bertz CT molecular complexity index is 699. The molecule has 0 aliphatic carbocycles. The third kappa shape index (κ3) is 4.20. The van der Waals surface area contributed by atoms with Crippen LogP contribution in [0.15, 0.2) is 35.5 Å². The zero-order valence-corrected chi connectivity index (χ0v) is 13.3. The molecular weight excluding hydrogens is 312 g/mol. The van der Waals surface area contributed by atoms with E-state index >= 15 is 0 Å². The molecule has 0 saturated carbocycles. The van der Waals surface area contributed by atoms with E-state index in [4.69, 9.17) is 11.6 Å². The van der Waals surface area contributed by atoms with Crippen molar-refractivity contribution in [3.05, 3.63) is 41.2 Å². The van der Waals surface area contributed by atoms with Crippen molar-refractivity contribution in [2.24, 2.45) is 0 Å². The van der Waals surface area contributed by atoms with E-state index in [1.165, 1.54) is 18.5 Å². The summed E-state index contributed by atoms with van der Waals surface area (Å²) in [6.07, 6.45) is 2.86. The summed E-state index contributed by atoms with van der Waals surface area (Å²) in [6.45, 7) is 4.52. The molecule has 0 amide bonds. The van der Waals surface area contributed by atoms with Gasteiger partial charge in [0, 0.05) is 23.8 Å². The van der Waals surface area contributed by atoms with E-state index in [1.54, 1.807) is 12.1 Å². The number of nitrogens with one attached hydrogen (secondary N) is 3. The number of halogens is 1. The fraction of sp³-hybridized carbons (Fsp3) is 0.308. The summed E-state index contributed by atoms with van der Waals surface area (Å²) in [5.41, 5.74) is 1.12. The Morgan fingerprint density at radius 2 is 2.14 bits per heavy atom. The molecule has 2 aromatic rings. The molecule has 1 aromatic heterocycles. The quantitative estimate of drug-likeness (QED) is 0.759. The molecule has 1 heterocycles. The van der Waals surface area contributed by atoms with Gasteiger partial charge in [0.25, 0.3) is 10.0 Å². The van der Waals surface area contributed by atoms with Crippen LogP contribution >= 0.6 is 11.6 Å². The van der Waals surface area contributed by atoms with E-state index in [0.29, 0.717) is 17.3 Å². The second-order valence-electron chi connectivity index (χ2n) is 4.88. The van der Waals surface area contributed by atoms with E-state index in [-0.39, 0.29) is 10.9 Å². The highest BCUT2D eigenvalue weighted by atomic mass is 35.5. The molecule has 0 atom stereocenters. The van der Waals surface area contributed by atoms with Crippen molar-refractivity contribution in [2.45, 2.75) is 31.3 Å². The average Bonchev–Trinajstić information content (AvgIpc) is 2.89. The average molecular weight is 329 g/mol. The van der Waals surface area contributed by atoms with Gasteiger partial charge in [-0.25, -0.2) is 8.42 Å². The SMILES string of the molecule is CC(C)NCc1cc(S(=O)(=O)Nc2cn[nH]c2)ccc1Cl. The molecule has 6 nitrogen and oxygen atoms in total. The standard InChI is InChI=1S/C13H17ClN4O2S/c1-9(2)15-6-10-5-12(3-4-13(10)14)21(19,20)18-11-7-16-17-8-11/h3-5,7-9,15,18H,6H2,1-2H3,(H,16,17). The highest BCUT2D eigenvalue weighted by Gasteiger charge is 2.16. The van der Waals surface area contributed by atoms with E-state index in [1.807, 2.05) is 13.8 Å². The number of anilines is 1. The van der Waals surface area contributed by atoms with Crippen LogP contribution in [0.1, 0.15) is 19.4 Å². The van der Waals surface area contributed by atoms with Crippen molar-refractivity contribution in [1.29, 1.82) is 0 Å². The van der Waals surface area contributed by atoms with Gasteiger partial charge >= 0.3 is 0 Å². The monoisotopic (exact) mass is 328 g/mol. The molecule has 2 rings (SSSR count). The molecule has 0 spiro atoms. The smallest absolute Gasteiger partial charge is 0.262 e. The first kappa shape index (κ1) is 15.8. The molecule has 0 radical (unpaired) electrons. The number of H-pyrrole nitrogens is 1. The van der Waals surface area contributed by atoms with Gasteiger partial charge in [-0.15, -0.1) is 0 Å². The summed E-state index contributed by atoms with van der Waals surface area (Å²) in [6, 6.07) is 4.91. The minimum absolute atomic E-state index is 0.161. The number of benzene rings is 1. The van der Waals surface area contributed by atoms with Gasteiger partial charge in [0.15, 0.2) is 0 Å². The van der Waals surface area contributed by atoms with Crippen LogP contribution in [0.3, 0.4) is 0 Å². The summed E-state index contributed by atoms with van der Waals surface area (Å²) in [7, 11) is -3.66. The van der Waals surface area contributed by atoms with Gasteiger partial charge in [0.1, 0.15) is 0 Å². The van der Waals surface area contributed by atoms with Crippen LogP contribution in [0.25, 0.3) is 0 Å². The number of hydrogen-bond acceptors (Lipinski definition) is 4. The minimum Gasteiger partial charge on any atom is -0.310 e. The number of hydrogen-bond donors (Lipinski definition) is 3. The molecule has 0 bridgehead atoms. The zero-order chi connectivity index (χ0) is 15.5. The maximum atomic E-state index is 12.3. The van der Waals surface area contributed by atoms with Crippen LogP contribution in [0.4, 0.5) is 5.69 Å². The lowest BCUT2D eigenvalue weighted by atomic mass is 10.2. The molecule has 0 unspecified atom stereocenters. The fourth-order valence-corrected chi connectivity index (χ4v) is 2.96. The Labute approximate surface area is 129 Å². The first-order valence-electron chi connectivity index (χ1n) is 6.42. The maximum absolute atomic E-state index is 12.3. The van der Waals surface area contributed by atoms with Crippen LogP contribution < -0.4 is 10.0 Å². The van der Waals surface area contributed by atoms with E-state index < -0.39 is 10.0 Å². The number of rotatable bonds is 6. The Morgan fingerprint density at radius 1 is 1.38 bits per heavy atom. The van der Waals surface area contributed by atoms with Gasteiger partial charge in [0.2, 0.25) is 0 Å². The van der Waals surface area contributed by atoms with Gasteiger partial charge in [-0.1, -0.05) is 25.4 Å². The second-order valence-corrected chi connectivity index (χ2v) is 6.97. The molecule has 21 heavy (non-hydrogen) atoms. The van der Waals surface area contributed by atoms with Crippen molar-refractivity contribution < 1.29 is 8.42 Å². The highest BCUT2D eigenvalue weighted by Crippen LogP contribution is 2.22. The summed E-state index contributed by atoms with van der Waals surface area (Å²) < 4.78 is 27.0. The molecule has 0 saturated heterocycles. The second kappa shape index (κ2) is 6.46. The summed E-state index contributed by atoms with van der Waals surface area (Å²) >= 11 is 6.10. The normalized spacial score (nSPS) is 11.8. The first-order valence-corrected chi connectivity index (χ1v) is 8.28. The van der Waals surface area contributed by atoms with Gasteiger partial charge in [-0.3, -0.25) is 9.82 Å². The van der Waals surface area contributed by atoms with Crippen molar-refractivity contribution in [1.82, 2.24) is 15.5 Å². The third-order valence-corrected chi connectivity index (χ3v) is 4.53.